The van der Waals surface area contributed by atoms with Gasteiger partial charge in [-0.25, -0.2) is 12.8 Å². The molecule has 0 unspecified atom stereocenters. The molecule has 1 atom stereocenters. The van der Waals surface area contributed by atoms with E-state index in [1.165, 1.54) is 6.07 Å². The van der Waals surface area contributed by atoms with E-state index in [0.29, 0.717) is 23.7 Å². The fourth-order valence-corrected chi connectivity index (χ4v) is 5.85. The summed E-state index contributed by atoms with van der Waals surface area (Å²) in [5, 5.41) is 0. The summed E-state index contributed by atoms with van der Waals surface area (Å²) in [5.74, 6) is -0.186. The lowest BCUT2D eigenvalue weighted by molar-refractivity contribution is 0.128. The minimum atomic E-state index is -3.46. The van der Waals surface area contributed by atoms with Crippen LogP contribution in [-0.2, 0) is 10.0 Å². The maximum atomic E-state index is 14.1. The largest absolute Gasteiger partial charge is 0.367 e. The molecule has 0 spiro atoms. The molecule has 5 nitrogen and oxygen atoms in total. The van der Waals surface area contributed by atoms with E-state index < -0.39 is 10.0 Å². The van der Waals surface area contributed by atoms with Crippen LogP contribution < -0.4 is 4.90 Å². The first-order chi connectivity index (χ1) is 13.9. The Morgan fingerprint density at radius 2 is 1.62 bits per heavy atom. The summed E-state index contributed by atoms with van der Waals surface area (Å²) in [6.07, 6.45) is 1.86. The van der Waals surface area contributed by atoms with Gasteiger partial charge in [0.2, 0.25) is 10.0 Å². The fraction of sp³-hybridized carbons (Fsp3) is 0.455. The second kappa shape index (κ2) is 8.42. The van der Waals surface area contributed by atoms with Crippen molar-refractivity contribution in [3.63, 3.8) is 0 Å². The second-order valence-corrected chi connectivity index (χ2v) is 9.88. The van der Waals surface area contributed by atoms with E-state index >= 15 is 0 Å². The Labute approximate surface area is 172 Å². The molecule has 7 heteroatoms. The molecule has 2 aromatic rings. The third-order valence-corrected chi connectivity index (χ3v) is 7.92. The standard InChI is InChI=1S/C22H28FN3O2S/c1-18-8-10-20(11-9-18)29(27,28)26-12-4-5-19(17-26)24-13-15-25(16-14-24)22-7-3-2-6-21(22)23/h2-3,6-11,19H,4-5,12-17H2,1H3/t19-/m1/s1. The number of rotatable bonds is 4. The first kappa shape index (κ1) is 20.3. The zero-order valence-electron chi connectivity index (χ0n) is 16.8. The Morgan fingerprint density at radius 3 is 2.31 bits per heavy atom. The minimum Gasteiger partial charge on any atom is -0.367 e. The van der Waals surface area contributed by atoms with Gasteiger partial charge in [-0.15, -0.1) is 0 Å². The molecule has 2 fully saturated rings. The molecular weight excluding hydrogens is 389 g/mol. The van der Waals surface area contributed by atoms with Crippen molar-refractivity contribution in [3.8, 4) is 0 Å². The van der Waals surface area contributed by atoms with Gasteiger partial charge in [-0.1, -0.05) is 29.8 Å². The topological polar surface area (TPSA) is 43.9 Å². The summed E-state index contributed by atoms with van der Waals surface area (Å²) < 4.78 is 41.8. The maximum absolute atomic E-state index is 14.1. The van der Waals surface area contributed by atoms with Crippen molar-refractivity contribution in [3.05, 3.63) is 59.9 Å². The number of piperazine rings is 1. The van der Waals surface area contributed by atoms with Crippen molar-refractivity contribution >= 4 is 15.7 Å². The van der Waals surface area contributed by atoms with E-state index in [0.717, 1.165) is 44.6 Å². The molecule has 156 valence electrons. The molecule has 0 bridgehead atoms. The third kappa shape index (κ3) is 4.32. The summed E-state index contributed by atoms with van der Waals surface area (Å²) in [6, 6.07) is 14.2. The van der Waals surface area contributed by atoms with E-state index in [-0.39, 0.29) is 11.9 Å². The van der Waals surface area contributed by atoms with Crippen LogP contribution in [0.4, 0.5) is 10.1 Å². The van der Waals surface area contributed by atoms with Crippen LogP contribution >= 0.6 is 0 Å². The number of hydrogen-bond acceptors (Lipinski definition) is 4. The molecule has 2 aliphatic rings. The quantitative estimate of drug-likeness (QED) is 0.767. The van der Waals surface area contributed by atoms with Crippen LogP contribution in [0.15, 0.2) is 53.4 Å². The number of halogens is 1. The van der Waals surface area contributed by atoms with Gasteiger partial charge in [0.05, 0.1) is 10.6 Å². The van der Waals surface area contributed by atoms with Crippen molar-refractivity contribution in [2.75, 3.05) is 44.2 Å². The van der Waals surface area contributed by atoms with Gasteiger partial charge in [0.1, 0.15) is 5.82 Å². The number of hydrogen-bond donors (Lipinski definition) is 0. The van der Waals surface area contributed by atoms with Gasteiger partial charge in [-0.05, 0) is 44.0 Å². The highest BCUT2D eigenvalue weighted by Gasteiger charge is 2.34. The Bertz CT molecular complexity index is 941. The molecule has 2 saturated heterocycles. The van der Waals surface area contributed by atoms with Crippen molar-refractivity contribution in [1.82, 2.24) is 9.21 Å². The first-order valence-corrected chi connectivity index (χ1v) is 11.7. The number of aryl methyl sites for hydroxylation is 1. The van der Waals surface area contributed by atoms with E-state index in [1.54, 1.807) is 22.5 Å². The minimum absolute atomic E-state index is 0.186. The Hall–Kier alpha value is -1.96. The maximum Gasteiger partial charge on any atom is 0.243 e. The van der Waals surface area contributed by atoms with Crippen molar-refractivity contribution in [2.45, 2.75) is 30.7 Å². The number of anilines is 1. The number of para-hydroxylation sites is 1. The lowest BCUT2D eigenvalue weighted by Crippen LogP contribution is -2.55. The van der Waals surface area contributed by atoms with Gasteiger partial charge in [-0.3, -0.25) is 4.90 Å². The Balaban J connectivity index is 1.40. The van der Waals surface area contributed by atoms with E-state index in [2.05, 4.69) is 9.80 Å². The van der Waals surface area contributed by atoms with Gasteiger partial charge in [0.15, 0.2) is 0 Å². The zero-order chi connectivity index (χ0) is 20.4. The molecule has 0 aliphatic carbocycles. The molecule has 2 heterocycles. The predicted molar refractivity (Wildman–Crippen MR) is 113 cm³/mol. The van der Waals surface area contributed by atoms with Crippen LogP contribution in [0.5, 0.6) is 0 Å². The second-order valence-electron chi connectivity index (χ2n) is 7.95. The molecule has 29 heavy (non-hydrogen) atoms. The summed E-state index contributed by atoms with van der Waals surface area (Å²) in [4.78, 5) is 4.82. The number of piperidine rings is 1. The molecule has 0 amide bonds. The van der Waals surface area contributed by atoms with Crippen LogP contribution in [-0.4, -0.2) is 62.9 Å². The normalized spacial score (nSPS) is 22.0. The van der Waals surface area contributed by atoms with Crippen LogP contribution in [0.1, 0.15) is 18.4 Å². The highest BCUT2D eigenvalue weighted by Crippen LogP contribution is 2.26. The molecule has 4 rings (SSSR count). The number of nitrogens with zero attached hydrogens (tertiary/aromatic N) is 3. The lowest BCUT2D eigenvalue weighted by Gasteiger charge is -2.43. The van der Waals surface area contributed by atoms with Crippen molar-refractivity contribution in [1.29, 1.82) is 0 Å². The zero-order valence-corrected chi connectivity index (χ0v) is 17.6. The predicted octanol–water partition coefficient (Wildman–Crippen LogP) is 3.11. The van der Waals surface area contributed by atoms with E-state index in [9.17, 15) is 12.8 Å². The molecule has 0 aromatic heterocycles. The van der Waals surface area contributed by atoms with E-state index in [4.69, 9.17) is 0 Å². The van der Waals surface area contributed by atoms with Gasteiger partial charge in [0, 0.05) is 45.3 Å². The molecule has 2 aliphatic heterocycles. The number of benzene rings is 2. The van der Waals surface area contributed by atoms with Gasteiger partial charge < -0.3 is 4.90 Å². The van der Waals surface area contributed by atoms with Crippen molar-refractivity contribution < 1.29 is 12.8 Å². The highest BCUT2D eigenvalue weighted by atomic mass is 32.2. The smallest absolute Gasteiger partial charge is 0.243 e. The number of sulfonamides is 1. The monoisotopic (exact) mass is 417 g/mol. The van der Waals surface area contributed by atoms with Crippen LogP contribution in [0.25, 0.3) is 0 Å². The van der Waals surface area contributed by atoms with Crippen molar-refractivity contribution in [2.24, 2.45) is 0 Å². The summed E-state index contributed by atoms with van der Waals surface area (Å²) in [7, 11) is -3.46. The molecule has 0 N–H and O–H groups in total. The van der Waals surface area contributed by atoms with Crippen LogP contribution in [0, 0.1) is 12.7 Å². The fourth-order valence-electron chi connectivity index (χ4n) is 4.33. The first-order valence-electron chi connectivity index (χ1n) is 10.3. The lowest BCUT2D eigenvalue weighted by atomic mass is 10.0. The summed E-state index contributed by atoms with van der Waals surface area (Å²) in [6.45, 7) is 6.19. The summed E-state index contributed by atoms with van der Waals surface area (Å²) in [5.41, 5.74) is 1.70. The Morgan fingerprint density at radius 1 is 0.931 bits per heavy atom. The molecule has 0 saturated carbocycles. The SMILES string of the molecule is Cc1ccc(S(=O)(=O)N2CCC[C@@H](N3CCN(c4ccccc4F)CC3)C2)cc1. The highest BCUT2D eigenvalue weighted by molar-refractivity contribution is 7.89. The molecule has 0 radical (unpaired) electrons. The molecular formula is C22H28FN3O2S. The van der Waals surface area contributed by atoms with Crippen LogP contribution in [0.2, 0.25) is 0 Å². The van der Waals surface area contributed by atoms with Gasteiger partial charge in [-0.2, -0.15) is 4.31 Å². The Kier molecular flexibility index (Phi) is 5.90. The van der Waals surface area contributed by atoms with Crippen LogP contribution in [0.3, 0.4) is 0 Å². The van der Waals surface area contributed by atoms with Gasteiger partial charge >= 0.3 is 0 Å². The van der Waals surface area contributed by atoms with Gasteiger partial charge in [0.25, 0.3) is 0 Å². The average molecular weight is 418 g/mol. The average Bonchev–Trinajstić information content (AvgIpc) is 2.75. The third-order valence-electron chi connectivity index (χ3n) is 6.04. The summed E-state index contributed by atoms with van der Waals surface area (Å²) >= 11 is 0. The molecule has 2 aromatic carbocycles. The van der Waals surface area contributed by atoms with E-state index in [1.807, 2.05) is 31.2 Å².